The first kappa shape index (κ1) is 15.6. The summed E-state index contributed by atoms with van der Waals surface area (Å²) >= 11 is 0. The molecule has 0 aromatic heterocycles. The molecular weight excluding hydrogens is 320 g/mol. The molecule has 0 spiro atoms. The van der Waals surface area contributed by atoms with E-state index in [0.29, 0.717) is 5.56 Å². The van der Waals surface area contributed by atoms with Crippen LogP contribution in [0, 0.1) is 0 Å². The first-order valence-electron chi connectivity index (χ1n) is 8.43. The number of nitrogens with one attached hydrogen (secondary N) is 2. The minimum atomic E-state index is -0.641. The molecule has 1 fully saturated rings. The summed E-state index contributed by atoms with van der Waals surface area (Å²) in [5.41, 5.74) is 2.91. The maximum atomic E-state index is 12.4. The molecule has 0 saturated heterocycles. The van der Waals surface area contributed by atoms with Crippen molar-refractivity contribution in [1.82, 2.24) is 10.6 Å². The maximum absolute atomic E-state index is 12.4. The lowest BCUT2D eigenvalue weighted by Gasteiger charge is -2.09. The number of esters is 1. The molecule has 3 amide bonds. The summed E-state index contributed by atoms with van der Waals surface area (Å²) in [5, 5.41) is 6.76. The number of carbonyl (C=O) groups excluding carboxylic acids is 3. The zero-order valence-corrected chi connectivity index (χ0v) is 13.6. The molecule has 128 valence electrons. The molecule has 0 aliphatic heterocycles. The van der Waals surface area contributed by atoms with Crippen molar-refractivity contribution in [2.45, 2.75) is 31.7 Å². The van der Waals surface area contributed by atoms with Gasteiger partial charge in [-0.2, -0.15) is 0 Å². The number of urea groups is 1. The standard InChI is InChI=1S/C19H18N2O4/c22-16(21-19(24)20-13-7-8-13)10-25-18(23)15-9-6-12-5-4-11-2-1-3-14(15)17(11)12/h1-3,6,9,13H,4-5,7-8,10H2,(H2,20,21,22,24). The molecular formula is C19H18N2O4. The average molecular weight is 338 g/mol. The number of aryl methyl sites for hydroxylation is 2. The fourth-order valence-electron chi connectivity index (χ4n) is 3.25. The van der Waals surface area contributed by atoms with Crippen LogP contribution in [0.4, 0.5) is 4.79 Å². The van der Waals surface area contributed by atoms with E-state index in [0.717, 1.165) is 36.5 Å². The van der Waals surface area contributed by atoms with E-state index in [2.05, 4.69) is 16.7 Å². The lowest BCUT2D eigenvalue weighted by Crippen LogP contribution is -2.42. The van der Waals surface area contributed by atoms with Gasteiger partial charge in [-0.05, 0) is 53.6 Å². The van der Waals surface area contributed by atoms with Crippen LogP contribution in [0.5, 0.6) is 0 Å². The van der Waals surface area contributed by atoms with Crippen LogP contribution in [0.3, 0.4) is 0 Å². The molecule has 0 heterocycles. The third kappa shape index (κ3) is 3.20. The van der Waals surface area contributed by atoms with E-state index < -0.39 is 24.5 Å². The van der Waals surface area contributed by atoms with Crippen LogP contribution in [-0.2, 0) is 22.4 Å². The summed E-state index contributed by atoms with van der Waals surface area (Å²) in [6, 6.07) is 9.19. The molecule has 0 unspecified atom stereocenters. The molecule has 2 aromatic carbocycles. The summed E-state index contributed by atoms with van der Waals surface area (Å²) in [5.74, 6) is -1.20. The summed E-state index contributed by atoms with van der Waals surface area (Å²) in [4.78, 5) is 35.6. The van der Waals surface area contributed by atoms with Crippen LogP contribution >= 0.6 is 0 Å². The summed E-state index contributed by atoms with van der Waals surface area (Å²) < 4.78 is 5.09. The quantitative estimate of drug-likeness (QED) is 0.836. The van der Waals surface area contributed by atoms with Gasteiger partial charge in [-0.1, -0.05) is 24.3 Å². The lowest BCUT2D eigenvalue weighted by molar-refractivity contribution is -0.123. The third-order valence-electron chi connectivity index (χ3n) is 4.60. The summed E-state index contributed by atoms with van der Waals surface area (Å²) in [7, 11) is 0. The Kier molecular flexibility index (Phi) is 3.87. The van der Waals surface area contributed by atoms with Gasteiger partial charge in [0.2, 0.25) is 0 Å². The van der Waals surface area contributed by atoms with Crippen molar-refractivity contribution in [3.8, 4) is 0 Å². The number of carbonyl (C=O) groups is 3. The van der Waals surface area contributed by atoms with Crippen molar-refractivity contribution >= 4 is 28.7 Å². The van der Waals surface area contributed by atoms with Crippen LogP contribution in [0.25, 0.3) is 10.8 Å². The van der Waals surface area contributed by atoms with Crippen LogP contribution in [-0.4, -0.2) is 30.6 Å². The third-order valence-corrected chi connectivity index (χ3v) is 4.60. The fourth-order valence-corrected chi connectivity index (χ4v) is 3.25. The van der Waals surface area contributed by atoms with E-state index in [4.69, 9.17) is 4.74 Å². The Morgan fingerprint density at radius 2 is 1.80 bits per heavy atom. The molecule has 0 bridgehead atoms. The van der Waals surface area contributed by atoms with Crippen molar-refractivity contribution in [3.63, 3.8) is 0 Å². The predicted octanol–water partition coefficient (Wildman–Crippen LogP) is 2.08. The van der Waals surface area contributed by atoms with Crippen LogP contribution in [0.1, 0.15) is 34.3 Å². The molecule has 0 atom stereocenters. The van der Waals surface area contributed by atoms with Gasteiger partial charge in [0.15, 0.2) is 6.61 Å². The number of hydrogen-bond donors (Lipinski definition) is 2. The number of hydrogen-bond acceptors (Lipinski definition) is 4. The molecule has 1 saturated carbocycles. The van der Waals surface area contributed by atoms with Gasteiger partial charge in [0.1, 0.15) is 0 Å². The summed E-state index contributed by atoms with van der Waals surface area (Å²) in [6.45, 7) is -0.486. The highest BCUT2D eigenvalue weighted by Gasteiger charge is 2.24. The Labute approximate surface area is 144 Å². The van der Waals surface area contributed by atoms with E-state index in [-0.39, 0.29) is 6.04 Å². The second-order valence-corrected chi connectivity index (χ2v) is 6.48. The molecule has 6 heteroatoms. The topological polar surface area (TPSA) is 84.5 Å². The molecule has 2 aliphatic carbocycles. The van der Waals surface area contributed by atoms with Gasteiger partial charge in [0.05, 0.1) is 5.56 Å². The first-order chi connectivity index (χ1) is 12.1. The molecule has 4 rings (SSSR count). The van der Waals surface area contributed by atoms with Gasteiger partial charge >= 0.3 is 12.0 Å². The van der Waals surface area contributed by atoms with Crippen LogP contribution in [0.2, 0.25) is 0 Å². The molecule has 2 aliphatic rings. The van der Waals surface area contributed by atoms with Crippen molar-refractivity contribution in [2.75, 3.05) is 6.61 Å². The van der Waals surface area contributed by atoms with Crippen molar-refractivity contribution in [1.29, 1.82) is 0 Å². The van der Waals surface area contributed by atoms with Gasteiger partial charge in [-0.3, -0.25) is 10.1 Å². The van der Waals surface area contributed by atoms with Gasteiger partial charge in [0, 0.05) is 6.04 Å². The predicted molar refractivity (Wildman–Crippen MR) is 91.3 cm³/mol. The largest absolute Gasteiger partial charge is 0.452 e. The molecule has 2 aromatic rings. The zero-order valence-electron chi connectivity index (χ0n) is 13.6. The molecule has 25 heavy (non-hydrogen) atoms. The van der Waals surface area contributed by atoms with Gasteiger partial charge in [0.25, 0.3) is 5.91 Å². The normalized spacial score (nSPS) is 15.0. The van der Waals surface area contributed by atoms with E-state index in [1.165, 1.54) is 11.1 Å². The van der Waals surface area contributed by atoms with Crippen LogP contribution in [0.15, 0.2) is 30.3 Å². The Bertz CT molecular complexity index is 876. The van der Waals surface area contributed by atoms with E-state index in [1.54, 1.807) is 6.07 Å². The fraction of sp³-hybridized carbons (Fsp3) is 0.316. The highest BCUT2D eigenvalue weighted by atomic mass is 16.5. The number of ether oxygens (including phenoxy) is 1. The Morgan fingerprint density at radius 3 is 2.56 bits per heavy atom. The van der Waals surface area contributed by atoms with Crippen LogP contribution < -0.4 is 10.6 Å². The second kappa shape index (κ2) is 6.20. The Balaban J connectivity index is 1.42. The van der Waals surface area contributed by atoms with Gasteiger partial charge in [-0.15, -0.1) is 0 Å². The first-order valence-corrected chi connectivity index (χ1v) is 8.43. The zero-order chi connectivity index (χ0) is 17.4. The van der Waals surface area contributed by atoms with Crippen molar-refractivity contribution < 1.29 is 19.1 Å². The highest BCUT2D eigenvalue weighted by Crippen LogP contribution is 2.32. The van der Waals surface area contributed by atoms with Gasteiger partial charge < -0.3 is 10.1 Å². The van der Waals surface area contributed by atoms with E-state index in [1.807, 2.05) is 18.2 Å². The average Bonchev–Trinajstić information content (AvgIpc) is 3.31. The van der Waals surface area contributed by atoms with E-state index in [9.17, 15) is 14.4 Å². The molecule has 0 radical (unpaired) electrons. The molecule has 6 nitrogen and oxygen atoms in total. The van der Waals surface area contributed by atoms with Gasteiger partial charge in [-0.25, -0.2) is 9.59 Å². The minimum absolute atomic E-state index is 0.156. The number of amides is 3. The number of imide groups is 1. The second-order valence-electron chi connectivity index (χ2n) is 6.48. The van der Waals surface area contributed by atoms with E-state index >= 15 is 0 Å². The minimum Gasteiger partial charge on any atom is -0.452 e. The monoisotopic (exact) mass is 338 g/mol. The maximum Gasteiger partial charge on any atom is 0.339 e. The molecule has 2 N–H and O–H groups in total. The van der Waals surface area contributed by atoms with Crippen molar-refractivity contribution in [2.24, 2.45) is 0 Å². The smallest absolute Gasteiger partial charge is 0.339 e. The SMILES string of the molecule is O=C(COC(=O)c1ccc2c3c(cccc13)CC2)NC(=O)NC1CC1. The lowest BCUT2D eigenvalue weighted by atomic mass is 10.00. The number of benzene rings is 2. The Morgan fingerprint density at radius 1 is 1.04 bits per heavy atom. The number of rotatable bonds is 4. The highest BCUT2D eigenvalue weighted by molar-refractivity contribution is 6.07. The Hall–Kier alpha value is -2.89. The summed E-state index contributed by atoms with van der Waals surface area (Å²) in [6.07, 6.45) is 3.82. The van der Waals surface area contributed by atoms with Crippen molar-refractivity contribution in [3.05, 3.63) is 47.0 Å².